The zero-order valence-electron chi connectivity index (χ0n) is 23.4. The number of carbonyl (C=O) groups is 4. The SMILES string of the molecule is CCN(CC)CCOC(=O)C1=C(CSc2nnnn2CC(=O)O)CS[C@@H]2[C@H](NC(=O)Cc3ccccc3CN)C(=O)N12. The van der Waals surface area contributed by atoms with Crippen molar-refractivity contribution < 1.29 is 29.0 Å². The van der Waals surface area contributed by atoms with E-state index in [0.717, 1.165) is 40.7 Å². The van der Waals surface area contributed by atoms with Gasteiger partial charge >= 0.3 is 11.9 Å². The molecule has 2 atom stereocenters. The number of thioether (sulfide) groups is 2. The summed E-state index contributed by atoms with van der Waals surface area (Å²) in [6.45, 7) is 6.25. The number of nitrogens with zero attached hydrogens (tertiary/aromatic N) is 6. The lowest BCUT2D eigenvalue weighted by Crippen LogP contribution is -2.70. The van der Waals surface area contributed by atoms with Gasteiger partial charge in [-0.25, -0.2) is 9.48 Å². The average molecular weight is 619 g/mol. The molecule has 0 saturated carbocycles. The topological polar surface area (TPSA) is 186 Å². The number of fused-ring (bicyclic) bond motifs is 1. The largest absolute Gasteiger partial charge is 0.480 e. The number of carboxylic acids is 1. The number of aliphatic carboxylic acids is 1. The molecule has 0 radical (unpaired) electrons. The number of aromatic nitrogens is 4. The molecule has 0 spiro atoms. The smallest absolute Gasteiger partial charge is 0.355 e. The second-order valence-corrected chi connectivity index (χ2v) is 11.6. The van der Waals surface area contributed by atoms with Crippen LogP contribution < -0.4 is 11.1 Å². The van der Waals surface area contributed by atoms with Crippen molar-refractivity contribution in [3.8, 4) is 0 Å². The van der Waals surface area contributed by atoms with Crippen LogP contribution in [0, 0.1) is 0 Å². The number of tetrazole rings is 1. The Hall–Kier alpha value is -3.47. The first-order valence-corrected chi connectivity index (χ1v) is 15.5. The molecule has 42 heavy (non-hydrogen) atoms. The minimum atomic E-state index is -1.09. The number of amides is 2. The highest BCUT2D eigenvalue weighted by molar-refractivity contribution is 8.01. The van der Waals surface area contributed by atoms with Crippen molar-refractivity contribution in [1.82, 2.24) is 35.3 Å². The van der Waals surface area contributed by atoms with Crippen LogP contribution in [0.3, 0.4) is 0 Å². The second-order valence-electron chi connectivity index (χ2n) is 9.52. The third kappa shape index (κ3) is 7.29. The number of nitrogens with two attached hydrogens (primary N) is 1. The molecule has 0 aliphatic carbocycles. The molecule has 4 N–H and O–H groups in total. The molecule has 1 fully saturated rings. The highest BCUT2D eigenvalue weighted by atomic mass is 32.2. The summed E-state index contributed by atoms with van der Waals surface area (Å²) < 4.78 is 6.76. The Balaban J connectivity index is 1.49. The third-order valence-electron chi connectivity index (χ3n) is 6.94. The Morgan fingerprint density at radius 2 is 1.98 bits per heavy atom. The number of ether oxygens (including phenoxy) is 1. The Kier molecular flexibility index (Phi) is 11.0. The fourth-order valence-corrected chi connectivity index (χ4v) is 7.03. The van der Waals surface area contributed by atoms with Gasteiger partial charge < -0.3 is 25.8 Å². The summed E-state index contributed by atoms with van der Waals surface area (Å²) in [6, 6.07) is 6.59. The molecule has 2 amide bonds. The number of benzene rings is 1. The van der Waals surface area contributed by atoms with Crippen LogP contribution in [0.5, 0.6) is 0 Å². The van der Waals surface area contributed by atoms with E-state index in [1.807, 2.05) is 38.1 Å². The number of likely N-dealkylation sites (N-methyl/N-ethyl adjacent to an activating group) is 1. The average Bonchev–Trinajstić information content (AvgIpc) is 3.42. The molecule has 226 valence electrons. The number of carboxylic acid groups (broad SMARTS) is 1. The molecule has 0 bridgehead atoms. The Morgan fingerprint density at radius 3 is 2.67 bits per heavy atom. The lowest BCUT2D eigenvalue weighted by molar-refractivity contribution is -0.153. The van der Waals surface area contributed by atoms with E-state index in [0.29, 0.717) is 24.4 Å². The summed E-state index contributed by atoms with van der Waals surface area (Å²) in [6.07, 6.45) is 0.0809. The van der Waals surface area contributed by atoms with Crippen LogP contribution >= 0.6 is 23.5 Å². The van der Waals surface area contributed by atoms with E-state index in [9.17, 15) is 19.2 Å². The summed E-state index contributed by atoms with van der Waals surface area (Å²) in [5.74, 6) is -1.80. The third-order valence-corrected chi connectivity index (χ3v) is 9.32. The fraction of sp³-hybridized carbons (Fsp3) is 0.500. The van der Waals surface area contributed by atoms with Gasteiger partial charge in [-0.15, -0.1) is 16.9 Å². The van der Waals surface area contributed by atoms with Gasteiger partial charge in [0, 0.05) is 24.6 Å². The van der Waals surface area contributed by atoms with Gasteiger partial charge in [0.25, 0.3) is 5.91 Å². The standard InChI is InChI=1S/C26H34N8O6S2/c1-3-32(4-2)9-10-40-25(39)22-18(15-42-26-29-30-31-33(26)13-20(36)37)14-41-24-21(23(38)34(22)24)28-19(35)11-16-7-5-6-8-17(16)12-27/h5-8,21,24H,3-4,9-15,27H2,1-2H3,(H,28,35)(H,36,37)/t21-,24-/m1/s1. The predicted molar refractivity (Wildman–Crippen MR) is 155 cm³/mol. The van der Waals surface area contributed by atoms with Gasteiger partial charge in [0.2, 0.25) is 11.1 Å². The molecule has 1 aromatic heterocycles. The summed E-state index contributed by atoms with van der Waals surface area (Å²) in [4.78, 5) is 54.3. The Bertz CT molecular complexity index is 1350. The Labute approximate surface area is 251 Å². The first-order chi connectivity index (χ1) is 20.3. The van der Waals surface area contributed by atoms with Gasteiger partial charge in [-0.1, -0.05) is 49.9 Å². The molecule has 4 rings (SSSR count). The molecule has 1 aromatic carbocycles. The predicted octanol–water partition coefficient (Wildman–Crippen LogP) is 0.0902. The Morgan fingerprint density at radius 1 is 1.24 bits per heavy atom. The van der Waals surface area contributed by atoms with E-state index in [1.54, 1.807) is 0 Å². The number of β-lactam (4-membered cyclic amide) rings is 1. The maximum Gasteiger partial charge on any atom is 0.355 e. The maximum absolute atomic E-state index is 13.4. The first-order valence-electron chi connectivity index (χ1n) is 13.5. The van der Waals surface area contributed by atoms with Crippen molar-refractivity contribution >= 4 is 47.3 Å². The van der Waals surface area contributed by atoms with E-state index in [-0.39, 0.29) is 35.5 Å². The molecule has 3 heterocycles. The van der Waals surface area contributed by atoms with Crippen LogP contribution in [0.15, 0.2) is 40.7 Å². The normalized spacial score (nSPS) is 18.1. The molecule has 2 aliphatic heterocycles. The van der Waals surface area contributed by atoms with Crippen molar-refractivity contribution in [3.05, 3.63) is 46.7 Å². The maximum atomic E-state index is 13.4. The second kappa shape index (κ2) is 14.6. The van der Waals surface area contributed by atoms with Crippen molar-refractivity contribution in [2.45, 2.75) is 49.9 Å². The molecule has 2 aliphatic rings. The molecule has 16 heteroatoms. The van der Waals surface area contributed by atoms with Crippen molar-refractivity contribution in [1.29, 1.82) is 0 Å². The van der Waals surface area contributed by atoms with Gasteiger partial charge in [0.15, 0.2) is 0 Å². The summed E-state index contributed by atoms with van der Waals surface area (Å²) in [5.41, 5.74) is 8.22. The molecular weight excluding hydrogens is 584 g/mol. The molecule has 1 saturated heterocycles. The van der Waals surface area contributed by atoms with E-state index in [1.165, 1.54) is 16.7 Å². The zero-order chi connectivity index (χ0) is 30.2. The van der Waals surface area contributed by atoms with Crippen LogP contribution in [0.2, 0.25) is 0 Å². The molecule has 14 nitrogen and oxygen atoms in total. The van der Waals surface area contributed by atoms with E-state index < -0.39 is 35.8 Å². The lowest BCUT2D eigenvalue weighted by atomic mass is 10.0. The van der Waals surface area contributed by atoms with Gasteiger partial charge in [0.1, 0.15) is 30.3 Å². The van der Waals surface area contributed by atoms with Gasteiger partial charge in [-0.3, -0.25) is 19.3 Å². The van der Waals surface area contributed by atoms with Gasteiger partial charge in [0.05, 0.1) is 6.42 Å². The van der Waals surface area contributed by atoms with Crippen molar-refractivity contribution in [2.75, 3.05) is 37.7 Å². The molecular formula is C26H34N8O6S2. The highest BCUT2D eigenvalue weighted by Gasteiger charge is 2.54. The minimum absolute atomic E-state index is 0.0809. The minimum Gasteiger partial charge on any atom is -0.480 e. The van der Waals surface area contributed by atoms with Gasteiger partial charge in [-0.05, 0) is 40.2 Å². The quantitative estimate of drug-likeness (QED) is 0.139. The van der Waals surface area contributed by atoms with Crippen LogP contribution in [0.1, 0.15) is 25.0 Å². The summed E-state index contributed by atoms with van der Waals surface area (Å²) >= 11 is 2.59. The number of esters is 1. The summed E-state index contributed by atoms with van der Waals surface area (Å²) in [5, 5.41) is 22.9. The molecule has 0 unspecified atom stereocenters. The van der Waals surface area contributed by atoms with E-state index in [2.05, 4.69) is 25.7 Å². The first kappa shape index (κ1) is 31.5. The fourth-order valence-electron chi connectivity index (χ4n) is 4.66. The number of nitrogens with one attached hydrogen (secondary N) is 1. The van der Waals surface area contributed by atoms with Crippen LogP contribution in [0.25, 0.3) is 0 Å². The monoisotopic (exact) mass is 618 g/mol. The van der Waals surface area contributed by atoms with Crippen LogP contribution in [-0.4, -0.2) is 108 Å². The van der Waals surface area contributed by atoms with Crippen molar-refractivity contribution in [3.63, 3.8) is 0 Å². The van der Waals surface area contributed by atoms with Crippen LogP contribution in [-0.2, 0) is 43.4 Å². The number of rotatable bonds is 15. The van der Waals surface area contributed by atoms with E-state index in [4.69, 9.17) is 15.6 Å². The zero-order valence-corrected chi connectivity index (χ0v) is 25.0. The highest BCUT2D eigenvalue weighted by Crippen LogP contribution is 2.42. The summed E-state index contributed by atoms with van der Waals surface area (Å²) in [7, 11) is 0. The van der Waals surface area contributed by atoms with Crippen LogP contribution in [0.4, 0.5) is 0 Å². The lowest BCUT2D eigenvalue weighted by Gasteiger charge is -2.49. The number of carbonyl (C=O) groups excluding carboxylic acids is 3. The number of hydrogen-bond donors (Lipinski definition) is 3. The molecule has 2 aromatic rings. The van der Waals surface area contributed by atoms with Crippen molar-refractivity contribution in [2.24, 2.45) is 5.73 Å². The number of hydrogen-bond acceptors (Lipinski definition) is 12. The van der Waals surface area contributed by atoms with Gasteiger partial charge in [-0.2, -0.15) is 0 Å². The van der Waals surface area contributed by atoms with E-state index >= 15 is 0 Å².